The van der Waals surface area contributed by atoms with Gasteiger partial charge in [-0.3, -0.25) is 4.90 Å². The molecule has 0 fully saturated rings. The minimum atomic E-state index is -1.00. The van der Waals surface area contributed by atoms with Crippen LogP contribution in [-0.2, 0) is 0 Å². The maximum Gasteiger partial charge on any atom is 0.231 e. The van der Waals surface area contributed by atoms with Gasteiger partial charge in [0.05, 0.1) is 7.11 Å². The van der Waals surface area contributed by atoms with E-state index in [1.165, 1.54) is 29.9 Å². The molecule has 0 radical (unpaired) electrons. The summed E-state index contributed by atoms with van der Waals surface area (Å²) in [6.07, 6.45) is 1.46. The van der Waals surface area contributed by atoms with Gasteiger partial charge < -0.3 is 9.84 Å². The normalized spacial score (nSPS) is 22.9. The quantitative estimate of drug-likeness (QED) is 0.661. The van der Waals surface area contributed by atoms with Crippen LogP contribution >= 0.6 is 23.5 Å². The summed E-state index contributed by atoms with van der Waals surface area (Å²) < 4.78 is 4.18. The summed E-state index contributed by atoms with van der Waals surface area (Å²) in [7, 11) is 1.57. The summed E-state index contributed by atoms with van der Waals surface area (Å²) in [4.78, 5) is 11.0. The van der Waals surface area contributed by atoms with Crippen molar-refractivity contribution in [2.75, 3.05) is 20.2 Å². The van der Waals surface area contributed by atoms with Crippen LogP contribution in [0.5, 0.6) is 5.88 Å². The summed E-state index contributed by atoms with van der Waals surface area (Å²) >= 11 is 2.68. The van der Waals surface area contributed by atoms with Crippen molar-refractivity contribution in [1.29, 1.82) is 0 Å². The van der Waals surface area contributed by atoms with Crippen LogP contribution in [0.1, 0.15) is 13.8 Å². The maximum absolute atomic E-state index is 10.6. The number of nitrogens with zero attached hydrogens (tertiary/aromatic N) is 3. The zero-order valence-corrected chi connectivity index (χ0v) is 11.6. The van der Waals surface area contributed by atoms with Crippen molar-refractivity contribution in [3.8, 4) is 5.88 Å². The Labute approximate surface area is 109 Å². The molecule has 1 aliphatic heterocycles. The van der Waals surface area contributed by atoms with E-state index in [1.807, 2.05) is 18.7 Å². The number of aromatic nitrogens is 2. The van der Waals surface area contributed by atoms with Crippen LogP contribution in [0.15, 0.2) is 16.2 Å². The molecule has 1 aromatic heterocycles. The van der Waals surface area contributed by atoms with E-state index in [4.69, 9.17) is 4.74 Å². The standard InChI is InChI=1S/C10H15N3O2S2/c1-4-13(5-2)10(14)16-7-8(15-3)11-6-12-9(7)17-10/h6,14H,4-5H2,1-3H3. The molecule has 1 aromatic rings. The molecule has 0 aliphatic carbocycles. The number of methoxy groups -OCH3 is 1. The predicted octanol–water partition coefficient (Wildman–Crippen LogP) is 1.63. The lowest BCUT2D eigenvalue weighted by molar-refractivity contribution is 0.0559. The second kappa shape index (κ2) is 5.01. The Balaban J connectivity index is 2.31. The number of aliphatic hydroxyl groups is 1. The van der Waals surface area contributed by atoms with Gasteiger partial charge in [0.1, 0.15) is 16.2 Å². The molecule has 1 unspecified atom stereocenters. The van der Waals surface area contributed by atoms with Gasteiger partial charge in [-0.2, -0.15) is 0 Å². The molecule has 1 atom stereocenters. The van der Waals surface area contributed by atoms with E-state index in [0.29, 0.717) is 5.88 Å². The fourth-order valence-electron chi connectivity index (χ4n) is 1.68. The molecule has 7 heteroatoms. The van der Waals surface area contributed by atoms with E-state index in [2.05, 4.69) is 9.97 Å². The highest BCUT2D eigenvalue weighted by Gasteiger charge is 2.44. The molecule has 0 saturated carbocycles. The van der Waals surface area contributed by atoms with Gasteiger partial charge in [-0.1, -0.05) is 25.6 Å². The van der Waals surface area contributed by atoms with Gasteiger partial charge in [-0.15, -0.1) is 0 Å². The van der Waals surface area contributed by atoms with Crippen LogP contribution in [0.2, 0.25) is 0 Å². The zero-order chi connectivity index (χ0) is 12.5. The lowest BCUT2D eigenvalue weighted by Gasteiger charge is -2.32. The third kappa shape index (κ3) is 2.24. The fraction of sp³-hybridized carbons (Fsp3) is 0.600. The van der Waals surface area contributed by atoms with Gasteiger partial charge in [0, 0.05) is 0 Å². The van der Waals surface area contributed by atoms with Gasteiger partial charge in [0.15, 0.2) is 0 Å². The Morgan fingerprint density at radius 3 is 2.65 bits per heavy atom. The Kier molecular flexibility index (Phi) is 3.82. The summed E-state index contributed by atoms with van der Waals surface area (Å²) in [6, 6.07) is 0. The average molecular weight is 273 g/mol. The molecule has 0 spiro atoms. The van der Waals surface area contributed by atoms with Crippen LogP contribution in [0.3, 0.4) is 0 Å². The average Bonchev–Trinajstić information content (AvgIpc) is 2.67. The third-order valence-electron chi connectivity index (χ3n) is 2.56. The van der Waals surface area contributed by atoms with Crippen LogP contribution in [-0.4, -0.2) is 44.6 Å². The molecule has 2 heterocycles. The third-order valence-corrected chi connectivity index (χ3v) is 5.31. The van der Waals surface area contributed by atoms with Gasteiger partial charge >= 0.3 is 0 Å². The first-order valence-corrected chi connectivity index (χ1v) is 7.02. The molecule has 0 saturated heterocycles. The van der Waals surface area contributed by atoms with Crippen molar-refractivity contribution in [1.82, 2.24) is 14.9 Å². The Bertz CT molecular complexity index is 415. The van der Waals surface area contributed by atoms with Crippen molar-refractivity contribution in [3.63, 3.8) is 0 Å². The van der Waals surface area contributed by atoms with Crippen LogP contribution in [0.4, 0.5) is 0 Å². The number of hydrogen-bond acceptors (Lipinski definition) is 7. The van der Waals surface area contributed by atoms with Crippen molar-refractivity contribution in [2.45, 2.75) is 28.2 Å². The van der Waals surface area contributed by atoms with E-state index in [9.17, 15) is 5.11 Å². The summed E-state index contributed by atoms with van der Waals surface area (Å²) in [6.45, 7) is 5.59. The Morgan fingerprint density at radius 1 is 1.35 bits per heavy atom. The van der Waals surface area contributed by atoms with Crippen molar-refractivity contribution >= 4 is 23.5 Å². The number of hydrogen-bond donors (Lipinski definition) is 1. The van der Waals surface area contributed by atoms with E-state index in [0.717, 1.165) is 23.0 Å². The Hall–Kier alpha value is -0.500. The van der Waals surface area contributed by atoms with Gasteiger partial charge in [0.2, 0.25) is 10.3 Å². The monoisotopic (exact) mass is 273 g/mol. The first-order chi connectivity index (χ1) is 8.14. The van der Waals surface area contributed by atoms with Gasteiger partial charge in [-0.05, 0) is 24.9 Å². The molecule has 1 aliphatic rings. The molecule has 1 N–H and O–H groups in total. The molecule has 17 heavy (non-hydrogen) atoms. The minimum Gasteiger partial charge on any atom is -0.480 e. The topological polar surface area (TPSA) is 58.5 Å². The number of ether oxygens (including phenoxy) is 1. The Morgan fingerprint density at radius 2 is 2.06 bits per heavy atom. The van der Waals surface area contributed by atoms with Crippen LogP contribution < -0.4 is 4.74 Å². The summed E-state index contributed by atoms with van der Waals surface area (Å²) in [5, 5.41) is 11.4. The molecule has 0 aromatic carbocycles. The van der Waals surface area contributed by atoms with Crippen molar-refractivity contribution in [3.05, 3.63) is 6.33 Å². The SMILES string of the molecule is CCN(CC)C1(O)Sc2ncnc(OC)c2S1. The molecule has 0 bridgehead atoms. The molecule has 94 valence electrons. The number of thioether (sulfide) groups is 2. The van der Waals surface area contributed by atoms with Crippen LogP contribution in [0.25, 0.3) is 0 Å². The van der Waals surface area contributed by atoms with Gasteiger partial charge in [-0.25, -0.2) is 9.97 Å². The van der Waals surface area contributed by atoms with E-state index in [-0.39, 0.29) is 0 Å². The first-order valence-electron chi connectivity index (χ1n) is 5.39. The highest BCUT2D eigenvalue weighted by molar-refractivity contribution is 8.20. The largest absolute Gasteiger partial charge is 0.480 e. The highest BCUT2D eigenvalue weighted by Crippen LogP contribution is 2.56. The first kappa shape index (κ1) is 12.9. The number of fused-ring (bicyclic) bond motifs is 1. The zero-order valence-electron chi connectivity index (χ0n) is 10.0. The molecule has 5 nitrogen and oxygen atoms in total. The van der Waals surface area contributed by atoms with E-state index in [1.54, 1.807) is 7.11 Å². The molecular formula is C10H15N3O2S2. The second-order valence-corrected chi connectivity index (χ2v) is 6.04. The lowest BCUT2D eigenvalue weighted by atomic mass is 10.6. The summed E-state index contributed by atoms with van der Waals surface area (Å²) in [5.74, 6) is 0.524. The van der Waals surface area contributed by atoms with Crippen molar-refractivity contribution < 1.29 is 9.84 Å². The van der Waals surface area contributed by atoms with E-state index < -0.39 is 4.39 Å². The highest BCUT2D eigenvalue weighted by atomic mass is 32.2. The number of rotatable bonds is 4. The predicted molar refractivity (Wildman–Crippen MR) is 68.2 cm³/mol. The molecule has 0 amide bonds. The minimum absolute atomic E-state index is 0.524. The van der Waals surface area contributed by atoms with E-state index >= 15 is 0 Å². The summed E-state index contributed by atoms with van der Waals surface area (Å²) in [5.41, 5.74) is 0. The van der Waals surface area contributed by atoms with Crippen molar-refractivity contribution in [2.24, 2.45) is 0 Å². The molecule has 2 rings (SSSR count). The van der Waals surface area contributed by atoms with Crippen LogP contribution in [0, 0.1) is 0 Å². The van der Waals surface area contributed by atoms with Gasteiger partial charge in [0.25, 0.3) is 0 Å². The maximum atomic E-state index is 10.6. The smallest absolute Gasteiger partial charge is 0.231 e. The fourth-order valence-corrected chi connectivity index (χ4v) is 4.52. The second-order valence-electron chi connectivity index (χ2n) is 3.44. The molecular weight excluding hydrogens is 258 g/mol. The lowest BCUT2D eigenvalue weighted by Crippen LogP contribution is -2.41.